The first-order chi connectivity index (χ1) is 13.5. The first-order valence-electron chi connectivity index (χ1n) is 10.1. The van der Waals surface area contributed by atoms with Crippen molar-refractivity contribution in [1.82, 2.24) is 0 Å². The van der Waals surface area contributed by atoms with E-state index >= 15 is 0 Å². The van der Waals surface area contributed by atoms with Gasteiger partial charge in [-0.05, 0) is 49.1 Å². The molecule has 2 unspecified atom stereocenters. The Kier molecular flexibility index (Phi) is 9.02. The van der Waals surface area contributed by atoms with Gasteiger partial charge in [0.2, 0.25) is 0 Å². The van der Waals surface area contributed by atoms with Gasteiger partial charge in [0.25, 0.3) is 0 Å². The van der Waals surface area contributed by atoms with Gasteiger partial charge in [0.1, 0.15) is 18.1 Å². The summed E-state index contributed by atoms with van der Waals surface area (Å²) in [6.07, 6.45) is 2.66. The number of hydrogen-bond donors (Lipinski definition) is 0. The van der Waals surface area contributed by atoms with E-state index in [9.17, 15) is 4.79 Å². The van der Waals surface area contributed by atoms with Crippen molar-refractivity contribution in [2.45, 2.75) is 65.8 Å². The molecule has 152 valence electrons. The van der Waals surface area contributed by atoms with Crippen LogP contribution in [0.3, 0.4) is 0 Å². The number of ether oxygens (including phenoxy) is 3. The van der Waals surface area contributed by atoms with E-state index in [1.165, 1.54) is 0 Å². The zero-order chi connectivity index (χ0) is 20.4. The molecule has 0 spiro atoms. The Morgan fingerprint density at radius 3 is 2.36 bits per heavy atom. The van der Waals surface area contributed by atoms with Crippen LogP contribution in [0.1, 0.15) is 52.5 Å². The molecule has 0 aliphatic heterocycles. The van der Waals surface area contributed by atoms with Gasteiger partial charge in [0.05, 0.1) is 6.10 Å². The minimum absolute atomic E-state index is 0.0440. The highest BCUT2D eigenvalue weighted by atomic mass is 16.6. The summed E-state index contributed by atoms with van der Waals surface area (Å²) in [5, 5.41) is 0. The Labute approximate surface area is 168 Å². The number of para-hydroxylation sites is 1. The Balaban J connectivity index is 1.92. The molecular weight excluding hydrogens is 352 g/mol. The van der Waals surface area contributed by atoms with Gasteiger partial charge in [-0.15, -0.1) is 0 Å². The van der Waals surface area contributed by atoms with E-state index in [4.69, 9.17) is 14.2 Å². The maximum Gasteiger partial charge on any atom is 0.335 e. The summed E-state index contributed by atoms with van der Waals surface area (Å²) in [7, 11) is 0. The largest absolute Gasteiger partial charge is 0.459 e. The Hall–Kier alpha value is -2.33. The van der Waals surface area contributed by atoms with Crippen molar-refractivity contribution in [1.29, 1.82) is 0 Å². The van der Waals surface area contributed by atoms with E-state index in [-0.39, 0.29) is 24.6 Å². The van der Waals surface area contributed by atoms with Crippen LogP contribution in [0.15, 0.2) is 54.6 Å². The zero-order valence-corrected chi connectivity index (χ0v) is 17.4. The van der Waals surface area contributed by atoms with Gasteiger partial charge in [-0.1, -0.05) is 63.9 Å². The molecule has 2 aromatic rings. The smallest absolute Gasteiger partial charge is 0.335 e. The van der Waals surface area contributed by atoms with Crippen LogP contribution in [0.25, 0.3) is 0 Å². The normalized spacial score (nSPS) is 13.2. The summed E-state index contributed by atoms with van der Waals surface area (Å²) in [6, 6.07) is 17.2. The van der Waals surface area contributed by atoms with Crippen LogP contribution in [-0.4, -0.2) is 18.2 Å². The average molecular weight is 385 g/mol. The lowest BCUT2D eigenvalue weighted by molar-refractivity contribution is -0.166. The van der Waals surface area contributed by atoms with E-state index in [1.54, 1.807) is 0 Å². The standard InChI is InChI=1S/C24H32O4/c1-5-6-11-19(4)27-23(18(2)3)24(25)26-17-20-12-10-15-22(16-20)28-21-13-8-7-9-14-21/h7-10,12-16,18-19,23H,5-6,11,17H2,1-4H3. The molecule has 4 heteroatoms. The number of esters is 1. The second kappa shape index (κ2) is 11.5. The van der Waals surface area contributed by atoms with E-state index < -0.39 is 6.10 Å². The molecule has 4 nitrogen and oxygen atoms in total. The molecule has 2 rings (SSSR count). The van der Waals surface area contributed by atoms with Gasteiger partial charge >= 0.3 is 5.97 Å². The van der Waals surface area contributed by atoms with Crippen LogP contribution < -0.4 is 4.74 Å². The summed E-state index contributed by atoms with van der Waals surface area (Å²) in [6.45, 7) is 8.32. The van der Waals surface area contributed by atoms with Gasteiger partial charge in [-0.25, -0.2) is 4.79 Å². The fourth-order valence-electron chi connectivity index (χ4n) is 2.85. The van der Waals surface area contributed by atoms with Gasteiger partial charge in [0.15, 0.2) is 6.10 Å². The molecule has 0 aliphatic rings. The number of benzene rings is 2. The monoisotopic (exact) mass is 384 g/mol. The van der Waals surface area contributed by atoms with Gasteiger partial charge in [0, 0.05) is 0 Å². The minimum Gasteiger partial charge on any atom is -0.459 e. The average Bonchev–Trinajstić information content (AvgIpc) is 2.69. The van der Waals surface area contributed by atoms with E-state index in [0.29, 0.717) is 5.75 Å². The Morgan fingerprint density at radius 1 is 0.964 bits per heavy atom. The topological polar surface area (TPSA) is 44.8 Å². The first-order valence-corrected chi connectivity index (χ1v) is 10.1. The maximum absolute atomic E-state index is 12.6. The fourth-order valence-corrected chi connectivity index (χ4v) is 2.85. The van der Waals surface area contributed by atoms with Crippen molar-refractivity contribution in [2.75, 3.05) is 0 Å². The van der Waals surface area contributed by atoms with E-state index in [0.717, 1.165) is 30.6 Å². The van der Waals surface area contributed by atoms with Gasteiger partial charge in [-0.3, -0.25) is 0 Å². The highest BCUT2D eigenvalue weighted by Crippen LogP contribution is 2.22. The molecule has 28 heavy (non-hydrogen) atoms. The van der Waals surface area contributed by atoms with Crippen LogP contribution in [-0.2, 0) is 20.9 Å². The summed E-state index contributed by atoms with van der Waals surface area (Å²) < 4.78 is 17.3. The number of hydrogen-bond acceptors (Lipinski definition) is 4. The SMILES string of the molecule is CCCCC(C)OC(C(=O)OCc1cccc(Oc2ccccc2)c1)C(C)C. The quantitative estimate of drug-likeness (QED) is 0.436. The molecule has 0 saturated heterocycles. The highest BCUT2D eigenvalue weighted by Gasteiger charge is 2.26. The van der Waals surface area contributed by atoms with Crippen molar-refractivity contribution in [3.05, 3.63) is 60.2 Å². The van der Waals surface area contributed by atoms with Crippen LogP contribution in [0.2, 0.25) is 0 Å². The molecule has 0 saturated carbocycles. The van der Waals surface area contributed by atoms with Crippen LogP contribution in [0, 0.1) is 5.92 Å². The highest BCUT2D eigenvalue weighted by molar-refractivity contribution is 5.75. The molecule has 2 atom stereocenters. The van der Waals surface area contributed by atoms with Crippen molar-refractivity contribution >= 4 is 5.97 Å². The molecule has 0 N–H and O–H groups in total. The van der Waals surface area contributed by atoms with Crippen molar-refractivity contribution in [2.24, 2.45) is 5.92 Å². The van der Waals surface area contributed by atoms with E-state index in [1.807, 2.05) is 75.4 Å². The molecule has 0 aromatic heterocycles. The zero-order valence-electron chi connectivity index (χ0n) is 17.4. The third-order valence-corrected chi connectivity index (χ3v) is 4.44. The van der Waals surface area contributed by atoms with Crippen molar-refractivity contribution in [3.8, 4) is 11.5 Å². The predicted octanol–water partition coefficient (Wildman–Crippen LogP) is 6.14. The lowest BCUT2D eigenvalue weighted by atomic mass is 10.1. The molecule has 0 amide bonds. The van der Waals surface area contributed by atoms with Gasteiger partial charge < -0.3 is 14.2 Å². The Bertz CT molecular complexity index is 712. The summed E-state index contributed by atoms with van der Waals surface area (Å²) in [5.41, 5.74) is 0.878. The lowest BCUT2D eigenvalue weighted by Gasteiger charge is -2.24. The first kappa shape index (κ1) is 22.0. The van der Waals surface area contributed by atoms with Crippen LogP contribution >= 0.6 is 0 Å². The van der Waals surface area contributed by atoms with E-state index in [2.05, 4.69) is 6.92 Å². The second-order valence-corrected chi connectivity index (χ2v) is 7.42. The summed E-state index contributed by atoms with van der Waals surface area (Å²) >= 11 is 0. The number of unbranched alkanes of at least 4 members (excludes halogenated alkanes) is 1. The summed E-state index contributed by atoms with van der Waals surface area (Å²) in [4.78, 5) is 12.6. The summed E-state index contributed by atoms with van der Waals surface area (Å²) in [5.74, 6) is 1.23. The number of rotatable bonds is 11. The fraction of sp³-hybridized carbons (Fsp3) is 0.458. The van der Waals surface area contributed by atoms with Crippen molar-refractivity contribution < 1.29 is 19.0 Å². The lowest BCUT2D eigenvalue weighted by Crippen LogP contribution is -2.34. The number of carbonyl (C=O) groups excluding carboxylic acids is 1. The third kappa shape index (κ3) is 7.35. The van der Waals surface area contributed by atoms with Crippen LogP contribution in [0.5, 0.6) is 11.5 Å². The molecule has 0 bridgehead atoms. The van der Waals surface area contributed by atoms with Crippen LogP contribution in [0.4, 0.5) is 0 Å². The third-order valence-electron chi connectivity index (χ3n) is 4.44. The Morgan fingerprint density at radius 2 is 1.68 bits per heavy atom. The second-order valence-electron chi connectivity index (χ2n) is 7.42. The van der Waals surface area contributed by atoms with Crippen molar-refractivity contribution in [3.63, 3.8) is 0 Å². The maximum atomic E-state index is 12.6. The predicted molar refractivity (Wildman–Crippen MR) is 111 cm³/mol. The molecular formula is C24H32O4. The molecule has 0 fully saturated rings. The number of carbonyl (C=O) groups is 1. The molecule has 2 aromatic carbocycles. The molecule has 0 aliphatic carbocycles. The molecule has 0 heterocycles. The molecule has 0 radical (unpaired) electrons. The van der Waals surface area contributed by atoms with Gasteiger partial charge in [-0.2, -0.15) is 0 Å². The minimum atomic E-state index is -0.546.